The molecule has 1 atom stereocenters. The first-order chi connectivity index (χ1) is 8.36. The lowest BCUT2D eigenvalue weighted by Gasteiger charge is -2.20. The van der Waals surface area contributed by atoms with Crippen molar-refractivity contribution in [3.63, 3.8) is 0 Å². The zero-order valence-electron chi connectivity index (χ0n) is 9.94. The summed E-state index contributed by atoms with van der Waals surface area (Å²) in [4.78, 5) is 11.8. The Morgan fingerprint density at radius 3 is 2.50 bits per heavy atom. The van der Waals surface area contributed by atoms with E-state index in [9.17, 15) is 13.6 Å². The molecule has 0 saturated heterocycles. The minimum absolute atomic E-state index is 0.0868. The third kappa shape index (κ3) is 3.78. The van der Waals surface area contributed by atoms with Crippen molar-refractivity contribution in [3.05, 3.63) is 34.4 Å². The van der Waals surface area contributed by atoms with E-state index in [0.717, 1.165) is 12.1 Å². The minimum Gasteiger partial charge on any atom is -0.348 e. The van der Waals surface area contributed by atoms with Gasteiger partial charge < -0.3 is 5.32 Å². The number of nitrogens with one attached hydrogen (secondary N) is 1. The molecule has 100 valence electrons. The molecule has 1 N–H and O–H groups in total. The number of halogens is 4. The average Bonchev–Trinajstić information content (AvgIpc) is 2.29. The van der Waals surface area contributed by atoms with Gasteiger partial charge in [-0.2, -0.15) is 0 Å². The van der Waals surface area contributed by atoms with Gasteiger partial charge in [-0.05, 0) is 18.1 Å². The topological polar surface area (TPSA) is 29.1 Å². The number of hydrogen-bond acceptors (Lipinski definition) is 1. The summed E-state index contributed by atoms with van der Waals surface area (Å²) in [6, 6.07) is 1.54. The van der Waals surface area contributed by atoms with E-state index in [2.05, 4.69) is 27.9 Å². The Morgan fingerprint density at radius 2 is 2.00 bits per heavy atom. The van der Waals surface area contributed by atoms with Crippen LogP contribution in [0.4, 0.5) is 8.78 Å². The summed E-state index contributed by atoms with van der Waals surface area (Å²) < 4.78 is 27.4. The van der Waals surface area contributed by atoms with Crippen LogP contribution in [-0.4, -0.2) is 16.4 Å². The van der Waals surface area contributed by atoms with Crippen LogP contribution in [0.2, 0.25) is 5.02 Å². The van der Waals surface area contributed by atoms with Gasteiger partial charge >= 0.3 is 0 Å². The van der Waals surface area contributed by atoms with Crippen molar-refractivity contribution in [2.75, 3.05) is 4.43 Å². The van der Waals surface area contributed by atoms with E-state index in [4.69, 9.17) is 11.6 Å². The molecule has 0 fully saturated rings. The maximum Gasteiger partial charge on any atom is 0.254 e. The first kappa shape index (κ1) is 15.6. The van der Waals surface area contributed by atoms with Crippen LogP contribution < -0.4 is 5.32 Å². The number of benzene rings is 1. The molecule has 1 unspecified atom stereocenters. The van der Waals surface area contributed by atoms with Crippen LogP contribution in [0.3, 0.4) is 0 Å². The van der Waals surface area contributed by atoms with Gasteiger partial charge in [-0.15, -0.1) is 0 Å². The number of rotatable bonds is 4. The van der Waals surface area contributed by atoms with Crippen LogP contribution in [0.1, 0.15) is 24.2 Å². The summed E-state index contributed by atoms with van der Waals surface area (Å²) in [6.07, 6.45) is 0. The van der Waals surface area contributed by atoms with Gasteiger partial charge in [0.1, 0.15) is 11.6 Å². The predicted octanol–water partition coefficient (Wildman–Crippen LogP) is 3.81. The van der Waals surface area contributed by atoms with Crippen molar-refractivity contribution < 1.29 is 13.6 Å². The Balaban J connectivity index is 2.94. The van der Waals surface area contributed by atoms with Gasteiger partial charge in [0.05, 0.1) is 10.6 Å². The van der Waals surface area contributed by atoms with Crippen LogP contribution in [0.25, 0.3) is 0 Å². The summed E-state index contributed by atoms with van der Waals surface area (Å²) in [6.45, 7) is 3.89. The second kappa shape index (κ2) is 6.65. The number of carbonyl (C=O) groups excluding carboxylic acids is 1. The lowest BCUT2D eigenvalue weighted by molar-refractivity contribution is 0.0927. The molecule has 1 aromatic carbocycles. The van der Waals surface area contributed by atoms with Gasteiger partial charge in [0.2, 0.25) is 0 Å². The van der Waals surface area contributed by atoms with Crippen molar-refractivity contribution in [2.24, 2.45) is 5.92 Å². The Kier molecular flexibility index (Phi) is 5.78. The first-order valence-electron chi connectivity index (χ1n) is 5.38. The van der Waals surface area contributed by atoms with E-state index in [1.165, 1.54) is 0 Å². The van der Waals surface area contributed by atoms with Crippen molar-refractivity contribution in [1.29, 1.82) is 0 Å². The fourth-order valence-electron chi connectivity index (χ4n) is 1.33. The summed E-state index contributed by atoms with van der Waals surface area (Å²) in [5, 5.41) is 2.34. The van der Waals surface area contributed by atoms with E-state index >= 15 is 0 Å². The third-order valence-electron chi connectivity index (χ3n) is 2.54. The second-order valence-electron chi connectivity index (χ2n) is 4.22. The Hall–Kier alpha value is -0.430. The SMILES string of the molecule is CC(C)C(CI)NC(=O)c1cc(F)c(Cl)cc1F. The highest BCUT2D eigenvalue weighted by atomic mass is 127. The monoisotopic (exact) mass is 387 g/mol. The average molecular weight is 388 g/mol. The molecule has 0 spiro atoms. The van der Waals surface area contributed by atoms with Gasteiger partial charge in [-0.25, -0.2) is 8.78 Å². The van der Waals surface area contributed by atoms with E-state index in [-0.39, 0.29) is 22.5 Å². The number of hydrogen-bond donors (Lipinski definition) is 1. The van der Waals surface area contributed by atoms with E-state index in [1.54, 1.807) is 0 Å². The van der Waals surface area contributed by atoms with Crippen molar-refractivity contribution in [3.8, 4) is 0 Å². The summed E-state index contributed by atoms with van der Waals surface area (Å²) in [5.74, 6) is -2.04. The second-order valence-corrected chi connectivity index (χ2v) is 5.51. The molecule has 0 bridgehead atoms. The molecule has 0 aliphatic rings. The van der Waals surface area contributed by atoms with Gasteiger partial charge in [0.15, 0.2) is 0 Å². The van der Waals surface area contributed by atoms with Crippen LogP contribution >= 0.6 is 34.2 Å². The van der Waals surface area contributed by atoms with E-state index in [1.807, 2.05) is 13.8 Å². The zero-order valence-corrected chi connectivity index (χ0v) is 12.9. The summed E-state index contributed by atoms with van der Waals surface area (Å²) >= 11 is 7.56. The van der Waals surface area contributed by atoms with Crippen LogP contribution in [0, 0.1) is 17.6 Å². The number of amides is 1. The van der Waals surface area contributed by atoms with Crippen LogP contribution in [-0.2, 0) is 0 Å². The molecule has 1 rings (SSSR count). The Morgan fingerprint density at radius 1 is 1.39 bits per heavy atom. The van der Waals surface area contributed by atoms with Gasteiger partial charge in [0, 0.05) is 10.5 Å². The molecule has 0 saturated carbocycles. The van der Waals surface area contributed by atoms with Crippen molar-refractivity contribution >= 4 is 40.1 Å². The Labute approximate surface area is 123 Å². The molecule has 2 nitrogen and oxygen atoms in total. The van der Waals surface area contributed by atoms with Gasteiger partial charge in [0.25, 0.3) is 5.91 Å². The molecule has 0 aromatic heterocycles. The molecule has 0 aliphatic carbocycles. The lowest BCUT2D eigenvalue weighted by Crippen LogP contribution is -2.40. The summed E-state index contributed by atoms with van der Waals surface area (Å²) in [7, 11) is 0. The fraction of sp³-hybridized carbons (Fsp3) is 0.417. The summed E-state index contributed by atoms with van der Waals surface area (Å²) in [5.41, 5.74) is -0.326. The predicted molar refractivity (Wildman–Crippen MR) is 76.3 cm³/mol. The number of carbonyl (C=O) groups is 1. The fourth-order valence-corrected chi connectivity index (χ4v) is 2.71. The van der Waals surface area contributed by atoms with Gasteiger partial charge in [-0.3, -0.25) is 4.79 Å². The third-order valence-corrected chi connectivity index (χ3v) is 3.78. The van der Waals surface area contributed by atoms with Crippen molar-refractivity contribution in [2.45, 2.75) is 19.9 Å². The maximum absolute atomic E-state index is 13.5. The van der Waals surface area contributed by atoms with E-state index < -0.39 is 17.5 Å². The first-order valence-corrected chi connectivity index (χ1v) is 7.28. The standard InChI is InChI=1S/C12H13ClF2INO/c1-6(2)11(5-16)17-12(18)7-3-10(15)8(13)4-9(7)14/h3-4,6,11H,5H2,1-2H3,(H,17,18). The molecule has 0 radical (unpaired) electrons. The van der Waals surface area contributed by atoms with E-state index in [0.29, 0.717) is 4.43 Å². The minimum atomic E-state index is -0.824. The highest BCUT2D eigenvalue weighted by Crippen LogP contribution is 2.19. The normalized spacial score (nSPS) is 12.6. The van der Waals surface area contributed by atoms with Crippen molar-refractivity contribution in [1.82, 2.24) is 5.32 Å². The van der Waals surface area contributed by atoms with Gasteiger partial charge in [-0.1, -0.05) is 48.0 Å². The molecule has 0 aliphatic heterocycles. The number of alkyl halides is 1. The Bertz CT molecular complexity index is 454. The molecule has 1 aromatic rings. The highest BCUT2D eigenvalue weighted by molar-refractivity contribution is 14.1. The molecule has 18 heavy (non-hydrogen) atoms. The maximum atomic E-state index is 13.5. The molecular weight excluding hydrogens is 374 g/mol. The zero-order chi connectivity index (χ0) is 13.9. The lowest BCUT2D eigenvalue weighted by atomic mass is 10.1. The molecule has 0 heterocycles. The highest BCUT2D eigenvalue weighted by Gasteiger charge is 2.20. The largest absolute Gasteiger partial charge is 0.348 e. The quantitative estimate of drug-likeness (QED) is 0.475. The molecule has 6 heteroatoms. The molecular formula is C12H13ClF2INO. The molecule has 1 amide bonds. The van der Waals surface area contributed by atoms with Crippen LogP contribution in [0.15, 0.2) is 12.1 Å². The smallest absolute Gasteiger partial charge is 0.254 e. The van der Waals surface area contributed by atoms with Crippen LogP contribution in [0.5, 0.6) is 0 Å².